The smallest absolute Gasteiger partial charge is 0.407 e. The van der Waals surface area contributed by atoms with Crippen molar-refractivity contribution in [1.82, 2.24) is 5.32 Å². The van der Waals surface area contributed by atoms with Crippen LogP contribution in [0.2, 0.25) is 0 Å². The second kappa shape index (κ2) is 6.67. The molecule has 1 aliphatic rings. The first-order valence-electron chi connectivity index (χ1n) is 5.33. The number of alkyl carbamates (subject to hydrolysis) is 1. The highest BCUT2D eigenvalue weighted by Crippen LogP contribution is 2.18. The number of ether oxygens (including phenoxy) is 4. The zero-order valence-corrected chi connectivity index (χ0v) is 9.89. The molecule has 94 valence electrons. The van der Waals surface area contributed by atoms with E-state index in [1.165, 1.54) is 7.11 Å². The number of hydrogen-bond donors (Lipinski definition) is 1. The Morgan fingerprint density at radius 3 is 2.75 bits per heavy atom. The molecule has 0 unspecified atom stereocenters. The van der Waals surface area contributed by atoms with Gasteiger partial charge in [-0.05, 0) is 13.3 Å². The number of hydrogen-bond acceptors (Lipinski definition) is 5. The van der Waals surface area contributed by atoms with E-state index in [0.29, 0.717) is 19.6 Å². The highest BCUT2D eigenvalue weighted by Gasteiger charge is 2.36. The van der Waals surface area contributed by atoms with Gasteiger partial charge in [-0.25, -0.2) is 4.79 Å². The van der Waals surface area contributed by atoms with Crippen molar-refractivity contribution < 1.29 is 23.7 Å². The fourth-order valence-electron chi connectivity index (χ4n) is 1.71. The van der Waals surface area contributed by atoms with Crippen LogP contribution in [0.1, 0.15) is 13.3 Å². The molecule has 0 bridgehead atoms. The largest absolute Gasteiger partial charge is 0.450 e. The van der Waals surface area contributed by atoms with Crippen molar-refractivity contribution in [2.75, 3.05) is 27.4 Å². The minimum Gasteiger partial charge on any atom is -0.450 e. The van der Waals surface area contributed by atoms with Crippen molar-refractivity contribution in [3.8, 4) is 0 Å². The van der Waals surface area contributed by atoms with Crippen LogP contribution in [0.15, 0.2) is 0 Å². The number of carbonyl (C=O) groups excluding carboxylic acids is 1. The summed E-state index contributed by atoms with van der Waals surface area (Å²) in [7, 11) is 3.13. The third kappa shape index (κ3) is 3.33. The second-order valence-electron chi connectivity index (χ2n) is 3.43. The Kier molecular flexibility index (Phi) is 5.51. The summed E-state index contributed by atoms with van der Waals surface area (Å²) < 4.78 is 20.6. The molecular weight excluding hydrogens is 214 g/mol. The van der Waals surface area contributed by atoms with Gasteiger partial charge >= 0.3 is 6.09 Å². The monoisotopic (exact) mass is 233 g/mol. The van der Waals surface area contributed by atoms with Gasteiger partial charge in [-0.2, -0.15) is 0 Å². The van der Waals surface area contributed by atoms with E-state index in [1.807, 2.05) is 0 Å². The summed E-state index contributed by atoms with van der Waals surface area (Å²) >= 11 is 0. The molecule has 1 amide bonds. The van der Waals surface area contributed by atoms with Crippen LogP contribution in [0.4, 0.5) is 4.79 Å². The highest BCUT2D eigenvalue weighted by molar-refractivity contribution is 5.67. The molecule has 0 spiro atoms. The lowest BCUT2D eigenvalue weighted by Crippen LogP contribution is -2.56. The predicted molar refractivity (Wildman–Crippen MR) is 56.1 cm³/mol. The van der Waals surface area contributed by atoms with Gasteiger partial charge in [0.1, 0.15) is 6.04 Å². The molecule has 1 rings (SSSR count). The maximum Gasteiger partial charge on any atom is 0.407 e. The topological polar surface area (TPSA) is 66.0 Å². The Morgan fingerprint density at radius 1 is 1.44 bits per heavy atom. The summed E-state index contributed by atoms with van der Waals surface area (Å²) in [5.74, 6) is 0. The van der Waals surface area contributed by atoms with Crippen molar-refractivity contribution in [2.24, 2.45) is 0 Å². The third-order valence-electron chi connectivity index (χ3n) is 2.47. The molecule has 0 aromatic carbocycles. The fourth-order valence-corrected chi connectivity index (χ4v) is 1.71. The quantitative estimate of drug-likeness (QED) is 0.766. The molecule has 0 aliphatic carbocycles. The Morgan fingerprint density at radius 2 is 2.19 bits per heavy atom. The van der Waals surface area contributed by atoms with Gasteiger partial charge in [0.25, 0.3) is 0 Å². The van der Waals surface area contributed by atoms with E-state index in [4.69, 9.17) is 18.9 Å². The van der Waals surface area contributed by atoms with Gasteiger partial charge in [0, 0.05) is 14.2 Å². The van der Waals surface area contributed by atoms with Crippen LogP contribution in [0.5, 0.6) is 0 Å². The SMILES string of the molecule is CCOC(=O)N[C@@H]1[C@H](OC)OCC[C@H]1OC. The maximum absolute atomic E-state index is 11.3. The normalized spacial score (nSPS) is 29.8. The van der Waals surface area contributed by atoms with Gasteiger partial charge in [-0.1, -0.05) is 0 Å². The summed E-state index contributed by atoms with van der Waals surface area (Å²) in [5.41, 5.74) is 0. The van der Waals surface area contributed by atoms with Gasteiger partial charge in [0.2, 0.25) is 0 Å². The Hall–Kier alpha value is -0.850. The number of rotatable bonds is 4. The van der Waals surface area contributed by atoms with Crippen LogP contribution in [0, 0.1) is 0 Å². The van der Waals surface area contributed by atoms with E-state index in [0.717, 1.165) is 0 Å². The lowest BCUT2D eigenvalue weighted by molar-refractivity contribution is -0.192. The lowest BCUT2D eigenvalue weighted by Gasteiger charge is -2.36. The summed E-state index contributed by atoms with van der Waals surface area (Å²) in [6, 6.07) is -0.345. The molecule has 1 aliphatic heterocycles. The van der Waals surface area contributed by atoms with Crippen LogP contribution in [-0.4, -0.2) is 52.0 Å². The first-order valence-corrected chi connectivity index (χ1v) is 5.33. The molecule has 6 heteroatoms. The van der Waals surface area contributed by atoms with Crippen molar-refractivity contribution in [3.63, 3.8) is 0 Å². The van der Waals surface area contributed by atoms with Crippen LogP contribution in [0.3, 0.4) is 0 Å². The molecule has 6 nitrogen and oxygen atoms in total. The first kappa shape index (κ1) is 13.2. The summed E-state index contributed by atoms with van der Waals surface area (Å²) in [4.78, 5) is 11.3. The lowest BCUT2D eigenvalue weighted by atomic mass is 10.1. The molecule has 1 heterocycles. The predicted octanol–water partition coefficient (Wildman–Crippen LogP) is 0.509. The Bertz CT molecular complexity index is 211. The standard InChI is InChI=1S/C10H19NO5/c1-4-15-10(12)11-8-7(13-2)5-6-16-9(8)14-3/h7-9H,4-6H2,1-3H3,(H,11,12)/t7-,8+,9-/m1/s1. The van der Waals surface area contributed by atoms with Crippen molar-refractivity contribution in [2.45, 2.75) is 31.8 Å². The van der Waals surface area contributed by atoms with Gasteiger partial charge < -0.3 is 24.3 Å². The van der Waals surface area contributed by atoms with E-state index in [2.05, 4.69) is 5.32 Å². The van der Waals surface area contributed by atoms with Crippen LogP contribution < -0.4 is 5.32 Å². The molecule has 0 aromatic rings. The summed E-state index contributed by atoms with van der Waals surface area (Å²) in [6.45, 7) is 2.63. The van der Waals surface area contributed by atoms with Gasteiger partial charge in [0.05, 0.1) is 19.3 Å². The van der Waals surface area contributed by atoms with Crippen molar-refractivity contribution in [1.29, 1.82) is 0 Å². The van der Waals surface area contributed by atoms with E-state index in [9.17, 15) is 4.79 Å². The second-order valence-corrected chi connectivity index (χ2v) is 3.43. The Balaban J connectivity index is 2.57. The summed E-state index contributed by atoms with van der Waals surface area (Å²) in [5, 5.41) is 2.69. The zero-order valence-electron chi connectivity index (χ0n) is 9.89. The van der Waals surface area contributed by atoms with E-state index in [1.54, 1.807) is 14.0 Å². The third-order valence-corrected chi connectivity index (χ3v) is 2.47. The van der Waals surface area contributed by atoms with Crippen molar-refractivity contribution >= 4 is 6.09 Å². The Labute approximate surface area is 95.2 Å². The fraction of sp³-hybridized carbons (Fsp3) is 0.900. The van der Waals surface area contributed by atoms with Crippen LogP contribution >= 0.6 is 0 Å². The number of methoxy groups -OCH3 is 2. The van der Waals surface area contributed by atoms with E-state index < -0.39 is 12.4 Å². The molecule has 1 N–H and O–H groups in total. The van der Waals surface area contributed by atoms with E-state index >= 15 is 0 Å². The van der Waals surface area contributed by atoms with Crippen LogP contribution in [0.25, 0.3) is 0 Å². The average Bonchev–Trinajstić information content (AvgIpc) is 2.29. The first-order chi connectivity index (χ1) is 7.72. The zero-order chi connectivity index (χ0) is 12.0. The van der Waals surface area contributed by atoms with Crippen LogP contribution in [-0.2, 0) is 18.9 Å². The molecule has 16 heavy (non-hydrogen) atoms. The molecular formula is C10H19NO5. The molecule has 3 atom stereocenters. The molecule has 1 saturated heterocycles. The minimum absolute atomic E-state index is 0.122. The minimum atomic E-state index is -0.497. The molecule has 0 saturated carbocycles. The van der Waals surface area contributed by atoms with Crippen molar-refractivity contribution in [3.05, 3.63) is 0 Å². The maximum atomic E-state index is 11.3. The number of carbonyl (C=O) groups is 1. The number of nitrogens with one attached hydrogen (secondary N) is 1. The van der Waals surface area contributed by atoms with Gasteiger partial charge in [-0.15, -0.1) is 0 Å². The van der Waals surface area contributed by atoms with Gasteiger partial charge in [0.15, 0.2) is 6.29 Å². The molecule has 0 aromatic heterocycles. The highest BCUT2D eigenvalue weighted by atomic mass is 16.7. The molecule has 1 fully saturated rings. The van der Waals surface area contributed by atoms with E-state index in [-0.39, 0.29) is 12.1 Å². The average molecular weight is 233 g/mol. The number of amides is 1. The summed E-state index contributed by atoms with van der Waals surface area (Å²) in [6.07, 6.45) is -0.388. The molecule has 0 radical (unpaired) electrons. The van der Waals surface area contributed by atoms with Gasteiger partial charge in [-0.3, -0.25) is 0 Å².